The van der Waals surface area contributed by atoms with Crippen LogP contribution < -0.4 is 0 Å². The fourth-order valence-electron chi connectivity index (χ4n) is 2.57. The number of nitrogens with zero attached hydrogens (tertiary/aromatic N) is 1. The van der Waals surface area contributed by atoms with Crippen LogP contribution in [0, 0.1) is 5.41 Å². The van der Waals surface area contributed by atoms with Gasteiger partial charge in [-0.2, -0.15) is 4.31 Å². The van der Waals surface area contributed by atoms with Crippen LogP contribution >= 0.6 is 0 Å². The maximum atomic E-state index is 12.1. The topological polar surface area (TPSA) is 87.8 Å². The van der Waals surface area contributed by atoms with E-state index in [0.29, 0.717) is 13.1 Å². The third kappa shape index (κ3) is 1.58. The van der Waals surface area contributed by atoms with Gasteiger partial charge in [0, 0.05) is 13.1 Å². The fraction of sp³-hybridized carbons (Fsp3) is 0.545. The molecular weight excluding hydrogens is 258 g/mol. The van der Waals surface area contributed by atoms with Crippen molar-refractivity contribution in [2.24, 2.45) is 5.41 Å². The Hall–Kier alpha value is -1.34. The first-order chi connectivity index (χ1) is 8.43. The molecule has 2 aliphatic rings. The molecule has 1 saturated carbocycles. The molecule has 1 aliphatic heterocycles. The van der Waals surface area contributed by atoms with Gasteiger partial charge in [-0.3, -0.25) is 0 Å². The summed E-state index contributed by atoms with van der Waals surface area (Å²) in [6.07, 6.45) is 3.33. The van der Waals surface area contributed by atoms with Crippen molar-refractivity contribution in [1.29, 1.82) is 0 Å². The van der Waals surface area contributed by atoms with Gasteiger partial charge >= 0.3 is 5.97 Å². The van der Waals surface area contributed by atoms with E-state index in [0.717, 1.165) is 25.3 Å². The number of aromatic carboxylic acids is 1. The zero-order valence-corrected chi connectivity index (χ0v) is 10.4. The normalized spacial score (nSPS) is 22.4. The zero-order valence-electron chi connectivity index (χ0n) is 9.63. The number of hydrogen-bond donors (Lipinski definition) is 1. The molecule has 0 radical (unpaired) electrons. The van der Waals surface area contributed by atoms with Gasteiger partial charge in [0.1, 0.15) is 0 Å². The molecule has 2 fully saturated rings. The molecule has 7 heteroatoms. The number of rotatable bonds is 3. The Morgan fingerprint density at radius 3 is 2.44 bits per heavy atom. The monoisotopic (exact) mass is 271 g/mol. The quantitative estimate of drug-likeness (QED) is 0.891. The lowest BCUT2D eigenvalue weighted by Crippen LogP contribution is -2.61. The summed E-state index contributed by atoms with van der Waals surface area (Å²) < 4.78 is 30.4. The Balaban J connectivity index is 1.80. The molecule has 0 unspecified atom stereocenters. The average molecular weight is 271 g/mol. The third-order valence-corrected chi connectivity index (χ3v) is 5.49. The summed E-state index contributed by atoms with van der Waals surface area (Å²) in [4.78, 5) is 10.7. The third-order valence-electron chi connectivity index (χ3n) is 3.82. The number of carboxylic acid groups (broad SMARTS) is 1. The summed E-state index contributed by atoms with van der Waals surface area (Å²) in [5, 5.41) is 8.42. The highest BCUT2D eigenvalue weighted by atomic mass is 32.2. The first-order valence-corrected chi connectivity index (χ1v) is 7.20. The van der Waals surface area contributed by atoms with E-state index in [1.807, 2.05) is 0 Å². The lowest BCUT2D eigenvalue weighted by atomic mass is 9.65. The molecule has 1 aliphatic carbocycles. The molecule has 98 valence electrons. The first-order valence-electron chi connectivity index (χ1n) is 5.76. The van der Waals surface area contributed by atoms with Gasteiger partial charge in [-0.25, -0.2) is 13.2 Å². The molecule has 0 amide bonds. The summed E-state index contributed by atoms with van der Waals surface area (Å²) in [6.45, 7) is 1.05. The Bertz CT molecular complexity index is 591. The van der Waals surface area contributed by atoms with E-state index >= 15 is 0 Å². The van der Waals surface area contributed by atoms with Crippen molar-refractivity contribution in [2.75, 3.05) is 13.1 Å². The summed E-state index contributed by atoms with van der Waals surface area (Å²) in [7, 11) is -3.66. The van der Waals surface area contributed by atoms with Crippen LogP contribution in [0.15, 0.2) is 21.6 Å². The Morgan fingerprint density at radius 1 is 1.33 bits per heavy atom. The summed E-state index contributed by atoms with van der Waals surface area (Å²) >= 11 is 0. The number of carbonyl (C=O) groups is 1. The standard InChI is InChI=1S/C11H13NO5S/c13-10(14)8-2-3-9(17-8)18(15,16)12-6-11(7-12)4-1-5-11/h2-3H,1,4-7H2,(H,13,14). The number of furan rings is 1. The van der Waals surface area contributed by atoms with Crippen molar-refractivity contribution in [2.45, 2.75) is 24.4 Å². The highest BCUT2D eigenvalue weighted by molar-refractivity contribution is 7.89. The van der Waals surface area contributed by atoms with Gasteiger partial charge in [0.2, 0.25) is 10.9 Å². The predicted molar refractivity (Wildman–Crippen MR) is 60.7 cm³/mol. The molecular formula is C11H13NO5S. The van der Waals surface area contributed by atoms with Crippen molar-refractivity contribution in [3.05, 3.63) is 17.9 Å². The lowest BCUT2D eigenvalue weighted by molar-refractivity contribution is -0.00873. The van der Waals surface area contributed by atoms with Crippen LogP contribution in [0.5, 0.6) is 0 Å². The van der Waals surface area contributed by atoms with Crippen LogP contribution in [-0.4, -0.2) is 36.9 Å². The van der Waals surface area contributed by atoms with Crippen LogP contribution in [-0.2, 0) is 10.0 Å². The molecule has 2 heterocycles. The molecule has 18 heavy (non-hydrogen) atoms. The van der Waals surface area contributed by atoms with Gasteiger partial charge in [0.15, 0.2) is 0 Å². The van der Waals surface area contributed by atoms with Crippen molar-refractivity contribution < 1.29 is 22.7 Å². The maximum absolute atomic E-state index is 12.1. The van der Waals surface area contributed by atoms with Crippen molar-refractivity contribution in [1.82, 2.24) is 4.31 Å². The molecule has 0 aromatic carbocycles. The predicted octanol–water partition coefficient (Wildman–Crippen LogP) is 1.15. The van der Waals surface area contributed by atoms with Crippen molar-refractivity contribution >= 4 is 16.0 Å². The second-order valence-electron chi connectivity index (χ2n) is 5.05. The van der Waals surface area contributed by atoms with E-state index in [4.69, 9.17) is 9.52 Å². The minimum absolute atomic E-state index is 0.190. The Morgan fingerprint density at radius 2 is 2.00 bits per heavy atom. The lowest BCUT2D eigenvalue weighted by Gasteiger charge is -2.54. The number of carboxylic acids is 1. The van der Waals surface area contributed by atoms with E-state index in [1.165, 1.54) is 10.4 Å². The van der Waals surface area contributed by atoms with Gasteiger partial charge in [0.05, 0.1) is 0 Å². The second kappa shape index (κ2) is 3.58. The molecule has 6 nitrogen and oxygen atoms in total. The average Bonchev–Trinajstić information content (AvgIpc) is 2.60. The SMILES string of the molecule is O=C(O)c1ccc(S(=O)(=O)N2CC3(CCC3)C2)o1. The minimum atomic E-state index is -3.66. The number of sulfonamides is 1. The molecule has 1 saturated heterocycles. The maximum Gasteiger partial charge on any atom is 0.371 e. The van der Waals surface area contributed by atoms with Crippen molar-refractivity contribution in [3.63, 3.8) is 0 Å². The smallest absolute Gasteiger partial charge is 0.371 e. The van der Waals surface area contributed by atoms with Gasteiger partial charge in [-0.05, 0) is 30.4 Å². The fourth-order valence-corrected chi connectivity index (χ4v) is 4.14. The summed E-state index contributed by atoms with van der Waals surface area (Å²) in [5.74, 6) is -1.62. The van der Waals surface area contributed by atoms with Crippen molar-refractivity contribution in [3.8, 4) is 0 Å². The van der Waals surface area contributed by atoms with Crippen LogP contribution in [0.25, 0.3) is 0 Å². The molecule has 0 atom stereocenters. The van der Waals surface area contributed by atoms with E-state index in [9.17, 15) is 13.2 Å². The van der Waals surface area contributed by atoms with Gasteiger partial charge < -0.3 is 9.52 Å². The van der Waals surface area contributed by atoms with Gasteiger partial charge in [-0.15, -0.1) is 0 Å². The minimum Gasteiger partial charge on any atom is -0.475 e. The molecule has 3 rings (SSSR count). The first kappa shape index (κ1) is 11.7. The Kier molecular flexibility index (Phi) is 2.33. The van der Waals surface area contributed by atoms with Crippen LogP contribution in [0.4, 0.5) is 0 Å². The highest BCUT2D eigenvalue weighted by Gasteiger charge is 2.52. The molecule has 1 aromatic rings. The van der Waals surface area contributed by atoms with Crippen LogP contribution in [0.3, 0.4) is 0 Å². The second-order valence-corrected chi connectivity index (χ2v) is 6.92. The molecule has 1 aromatic heterocycles. The summed E-state index contributed by atoms with van der Waals surface area (Å²) in [6, 6.07) is 2.36. The van der Waals surface area contributed by atoms with Gasteiger partial charge in [-0.1, -0.05) is 6.42 Å². The van der Waals surface area contributed by atoms with E-state index in [-0.39, 0.29) is 16.3 Å². The van der Waals surface area contributed by atoms with E-state index in [1.54, 1.807) is 0 Å². The van der Waals surface area contributed by atoms with E-state index < -0.39 is 16.0 Å². The van der Waals surface area contributed by atoms with Gasteiger partial charge in [0.25, 0.3) is 10.0 Å². The number of hydrogen-bond acceptors (Lipinski definition) is 4. The zero-order chi connectivity index (χ0) is 13.0. The summed E-state index contributed by atoms with van der Waals surface area (Å²) in [5.41, 5.74) is 0.190. The molecule has 1 N–H and O–H groups in total. The molecule has 0 bridgehead atoms. The Labute approximate surface area is 104 Å². The largest absolute Gasteiger partial charge is 0.475 e. The van der Waals surface area contributed by atoms with E-state index in [2.05, 4.69) is 0 Å². The molecule has 1 spiro atoms. The van der Waals surface area contributed by atoms with Crippen LogP contribution in [0.1, 0.15) is 29.8 Å². The highest BCUT2D eigenvalue weighted by Crippen LogP contribution is 2.49. The van der Waals surface area contributed by atoms with Crippen LogP contribution in [0.2, 0.25) is 0 Å².